The molecule has 0 spiro atoms. The number of carboxylic acids is 1. The maximum atomic E-state index is 12.3. The average Bonchev–Trinajstić information content (AvgIpc) is 2.84. The summed E-state index contributed by atoms with van der Waals surface area (Å²) >= 11 is 0. The van der Waals surface area contributed by atoms with Gasteiger partial charge in [0, 0.05) is 6.54 Å². The SMILES string of the molecule is CCC(C)[C@H](NC(=O)C1(CC)CCNC1)C(=O)O. The molecule has 1 aliphatic heterocycles. The van der Waals surface area contributed by atoms with E-state index in [4.69, 9.17) is 0 Å². The van der Waals surface area contributed by atoms with Crippen LogP contribution in [0.1, 0.15) is 40.0 Å². The highest BCUT2D eigenvalue weighted by Gasteiger charge is 2.41. The van der Waals surface area contributed by atoms with Gasteiger partial charge >= 0.3 is 5.97 Å². The van der Waals surface area contributed by atoms with Crippen LogP contribution in [0.3, 0.4) is 0 Å². The molecular formula is C13H24N2O3. The highest BCUT2D eigenvalue weighted by atomic mass is 16.4. The minimum atomic E-state index is -0.949. The lowest BCUT2D eigenvalue weighted by Gasteiger charge is -2.29. The summed E-state index contributed by atoms with van der Waals surface area (Å²) in [5, 5.41) is 15.1. The molecule has 5 heteroatoms. The largest absolute Gasteiger partial charge is 0.480 e. The van der Waals surface area contributed by atoms with E-state index in [1.165, 1.54) is 0 Å². The molecule has 3 atom stereocenters. The zero-order chi connectivity index (χ0) is 13.8. The minimum Gasteiger partial charge on any atom is -0.480 e. The first-order valence-corrected chi connectivity index (χ1v) is 6.71. The second kappa shape index (κ2) is 6.18. The molecule has 18 heavy (non-hydrogen) atoms. The predicted molar refractivity (Wildman–Crippen MR) is 69.2 cm³/mol. The molecular weight excluding hydrogens is 232 g/mol. The molecule has 0 aromatic carbocycles. The second-order valence-corrected chi connectivity index (χ2v) is 5.24. The third-order valence-corrected chi connectivity index (χ3v) is 4.17. The van der Waals surface area contributed by atoms with Crippen molar-refractivity contribution in [2.24, 2.45) is 11.3 Å². The van der Waals surface area contributed by atoms with Crippen molar-refractivity contribution in [3.8, 4) is 0 Å². The number of amides is 1. The number of carboxylic acid groups (broad SMARTS) is 1. The molecule has 1 amide bonds. The van der Waals surface area contributed by atoms with E-state index < -0.39 is 17.4 Å². The quantitative estimate of drug-likeness (QED) is 0.662. The molecule has 0 radical (unpaired) electrons. The number of rotatable bonds is 6. The molecule has 1 saturated heterocycles. The van der Waals surface area contributed by atoms with Gasteiger partial charge in [0.25, 0.3) is 0 Å². The summed E-state index contributed by atoms with van der Waals surface area (Å²) in [7, 11) is 0. The molecule has 0 aliphatic carbocycles. The van der Waals surface area contributed by atoms with Gasteiger partial charge in [-0.2, -0.15) is 0 Å². The molecule has 1 rings (SSSR count). The third kappa shape index (κ3) is 3.02. The van der Waals surface area contributed by atoms with Gasteiger partial charge in [0.1, 0.15) is 6.04 Å². The van der Waals surface area contributed by atoms with E-state index >= 15 is 0 Å². The Bertz CT molecular complexity index is 311. The number of nitrogens with one attached hydrogen (secondary N) is 2. The maximum Gasteiger partial charge on any atom is 0.326 e. The van der Waals surface area contributed by atoms with E-state index in [-0.39, 0.29) is 11.8 Å². The van der Waals surface area contributed by atoms with Crippen LogP contribution in [0, 0.1) is 11.3 Å². The van der Waals surface area contributed by atoms with Gasteiger partial charge in [-0.25, -0.2) is 4.79 Å². The molecule has 5 nitrogen and oxygen atoms in total. The summed E-state index contributed by atoms with van der Waals surface area (Å²) < 4.78 is 0. The Morgan fingerprint density at radius 1 is 1.44 bits per heavy atom. The smallest absolute Gasteiger partial charge is 0.326 e. The summed E-state index contributed by atoms with van der Waals surface area (Å²) in [6.45, 7) is 7.22. The molecule has 1 fully saturated rings. The standard InChI is InChI=1S/C13H24N2O3/c1-4-9(3)10(11(16)17)15-12(18)13(5-2)6-7-14-8-13/h9-10,14H,4-8H2,1-3H3,(H,15,18)(H,16,17)/t9?,10-,13?/m0/s1. The van der Waals surface area contributed by atoms with Crippen molar-refractivity contribution in [2.75, 3.05) is 13.1 Å². The van der Waals surface area contributed by atoms with Crippen LogP contribution >= 0.6 is 0 Å². The van der Waals surface area contributed by atoms with Gasteiger partial charge in [-0.3, -0.25) is 4.79 Å². The lowest BCUT2D eigenvalue weighted by Crippen LogP contribution is -2.51. The Balaban J connectivity index is 2.74. The number of aliphatic carboxylic acids is 1. The monoisotopic (exact) mass is 256 g/mol. The Labute approximate surface area is 108 Å². The van der Waals surface area contributed by atoms with Gasteiger partial charge in [-0.05, 0) is 25.3 Å². The van der Waals surface area contributed by atoms with E-state index in [0.29, 0.717) is 6.54 Å². The van der Waals surface area contributed by atoms with Gasteiger partial charge in [0.05, 0.1) is 5.41 Å². The van der Waals surface area contributed by atoms with Crippen LogP contribution in [0.2, 0.25) is 0 Å². The first-order chi connectivity index (χ1) is 8.46. The van der Waals surface area contributed by atoms with Crippen LogP contribution < -0.4 is 10.6 Å². The summed E-state index contributed by atoms with van der Waals surface area (Å²) in [4.78, 5) is 23.5. The van der Waals surface area contributed by atoms with Crippen LogP contribution in [0.15, 0.2) is 0 Å². The van der Waals surface area contributed by atoms with Gasteiger partial charge in [-0.1, -0.05) is 27.2 Å². The van der Waals surface area contributed by atoms with Crippen molar-refractivity contribution in [2.45, 2.75) is 46.1 Å². The van der Waals surface area contributed by atoms with Crippen LogP contribution in [-0.4, -0.2) is 36.1 Å². The van der Waals surface area contributed by atoms with Gasteiger partial charge in [0.2, 0.25) is 5.91 Å². The molecule has 1 heterocycles. The molecule has 3 N–H and O–H groups in total. The fourth-order valence-corrected chi connectivity index (χ4v) is 2.38. The van der Waals surface area contributed by atoms with Crippen LogP contribution in [0.4, 0.5) is 0 Å². The molecule has 0 aromatic heterocycles. The van der Waals surface area contributed by atoms with E-state index in [0.717, 1.165) is 25.8 Å². The lowest BCUT2D eigenvalue weighted by atomic mass is 9.82. The van der Waals surface area contributed by atoms with Crippen LogP contribution in [-0.2, 0) is 9.59 Å². The van der Waals surface area contributed by atoms with Crippen molar-refractivity contribution in [1.82, 2.24) is 10.6 Å². The van der Waals surface area contributed by atoms with E-state index in [1.54, 1.807) is 0 Å². The summed E-state index contributed by atoms with van der Waals surface area (Å²) in [5.41, 5.74) is -0.429. The van der Waals surface area contributed by atoms with Crippen LogP contribution in [0.25, 0.3) is 0 Å². The van der Waals surface area contributed by atoms with Gasteiger partial charge in [0.15, 0.2) is 0 Å². The molecule has 104 valence electrons. The Morgan fingerprint density at radius 2 is 2.11 bits per heavy atom. The molecule has 0 aromatic rings. The Morgan fingerprint density at radius 3 is 2.50 bits per heavy atom. The van der Waals surface area contributed by atoms with E-state index in [9.17, 15) is 14.7 Å². The van der Waals surface area contributed by atoms with E-state index in [1.807, 2.05) is 20.8 Å². The minimum absolute atomic E-state index is 0.0604. The van der Waals surface area contributed by atoms with Crippen molar-refractivity contribution in [3.63, 3.8) is 0 Å². The highest BCUT2D eigenvalue weighted by molar-refractivity contribution is 5.88. The third-order valence-electron chi connectivity index (χ3n) is 4.17. The number of carbonyl (C=O) groups is 2. The van der Waals surface area contributed by atoms with Crippen molar-refractivity contribution < 1.29 is 14.7 Å². The molecule has 1 aliphatic rings. The first-order valence-electron chi connectivity index (χ1n) is 6.71. The summed E-state index contributed by atoms with van der Waals surface area (Å²) in [6, 6.07) is -0.786. The van der Waals surface area contributed by atoms with Crippen LogP contribution in [0.5, 0.6) is 0 Å². The summed E-state index contributed by atoms with van der Waals surface area (Å²) in [6.07, 6.45) is 2.25. The topological polar surface area (TPSA) is 78.4 Å². The number of carbonyl (C=O) groups excluding carboxylic acids is 1. The molecule has 0 bridgehead atoms. The first kappa shape index (κ1) is 15.0. The molecule has 0 saturated carbocycles. The number of hydrogen-bond donors (Lipinski definition) is 3. The molecule has 2 unspecified atom stereocenters. The summed E-state index contributed by atoms with van der Waals surface area (Å²) in [5.74, 6) is -1.13. The highest BCUT2D eigenvalue weighted by Crippen LogP contribution is 2.30. The average molecular weight is 256 g/mol. The fraction of sp³-hybridized carbons (Fsp3) is 0.846. The number of hydrogen-bond acceptors (Lipinski definition) is 3. The predicted octanol–water partition coefficient (Wildman–Crippen LogP) is 0.992. The normalized spacial score (nSPS) is 26.6. The fourth-order valence-electron chi connectivity index (χ4n) is 2.38. The van der Waals surface area contributed by atoms with Crippen molar-refractivity contribution in [3.05, 3.63) is 0 Å². The van der Waals surface area contributed by atoms with Gasteiger partial charge in [-0.15, -0.1) is 0 Å². The van der Waals surface area contributed by atoms with E-state index in [2.05, 4.69) is 10.6 Å². The lowest BCUT2D eigenvalue weighted by molar-refractivity contribution is -0.145. The zero-order valence-corrected chi connectivity index (χ0v) is 11.5. The Hall–Kier alpha value is -1.10. The van der Waals surface area contributed by atoms with Crippen molar-refractivity contribution >= 4 is 11.9 Å². The van der Waals surface area contributed by atoms with Gasteiger partial charge < -0.3 is 15.7 Å². The Kier molecular flexibility index (Phi) is 5.14. The maximum absolute atomic E-state index is 12.3. The zero-order valence-electron chi connectivity index (χ0n) is 11.5. The second-order valence-electron chi connectivity index (χ2n) is 5.24. The van der Waals surface area contributed by atoms with Crippen molar-refractivity contribution in [1.29, 1.82) is 0 Å².